The molecule has 4 heteroatoms. The van der Waals surface area contributed by atoms with Gasteiger partial charge in [0.1, 0.15) is 0 Å². The van der Waals surface area contributed by atoms with Crippen LogP contribution in [0.25, 0.3) is 0 Å². The summed E-state index contributed by atoms with van der Waals surface area (Å²) in [4.78, 5) is 2.46. The van der Waals surface area contributed by atoms with Crippen molar-refractivity contribution >= 4 is 0 Å². The first-order valence-corrected chi connectivity index (χ1v) is 6.43. The number of methoxy groups -OCH3 is 1. The van der Waals surface area contributed by atoms with Crippen LogP contribution in [0.4, 0.5) is 0 Å². The predicted octanol–water partition coefficient (Wildman–Crippen LogP) is 0.210. The van der Waals surface area contributed by atoms with Gasteiger partial charge in [-0.05, 0) is 25.7 Å². The summed E-state index contributed by atoms with van der Waals surface area (Å²) in [5.74, 6) is 0. The maximum Gasteiger partial charge on any atom is 0.0597 e. The van der Waals surface area contributed by atoms with Crippen molar-refractivity contribution < 1.29 is 9.84 Å². The highest BCUT2D eigenvalue weighted by atomic mass is 16.5. The molecule has 1 unspecified atom stereocenters. The summed E-state index contributed by atoms with van der Waals surface area (Å²) < 4.78 is 5.13. The molecule has 0 aromatic carbocycles. The van der Waals surface area contributed by atoms with E-state index < -0.39 is 0 Å². The Balaban J connectivity index is 1.72. The highest BCUT2D eigenvalue weighted by molar-refractivity contribution is 4.90. The van der Waals surface area contributed by atoms with Crippen LogP contribution >= 0.6 is 0 Å². The van der Waals surface area contributed by atoms with Gasteiger partial charge in [-0.1, -0.05) is 0 Å². The van der Waals surface area contributed by atoms with Gasteiger partial charge in [-0.25, -0.2) is 0 Å². The van der Waals surface area contributed by atoms with E-state index in [9.17, 15) is 5.11 Å². The van der Waals surface area contributed by atoms with Gasteiger partial charge in [0.05, 0.1) is 13.2 Å². The van der Waals surface area contributed by atoms with Crippen LogP contribution in [-0.4, -0.2) is 61.5 Å². The molecule has 0 saturated heterocycles. The van der Waals surface area contributed by atoms with Crippen LogP contribution in [-0.2, 0) is 4.74 Å². The standard InChI is InChI=1S/C12H24N2O2/c1-16-7-6-14(12-4-5-12)8-11(9-15)13-10-2-3-10/h10-13,15H,2-9H2,1H3. The molecule has 2 saturated carbocycles. The summed E-state index contributed by atoms with van der Waals surface area (Å²) in [7, 11) is 1.75. The molecular weight excluding hydrogens is 204 g/mol. The van der Waals surface area contributed by atoms with E-state index in [4.69, 9.17) is 4.74 Å². The fraction of sp³-hybridized carbons (Fsp3) is 1.00. The molecule has 2 N–H and O–H groups in total. The van der Waals surface area contributed by atoms with Gasteiger partial charge in [0.2, 0.25) is 0 Å². The lowest BCUT2D eigenvalue weighted by atomic mass is 10.2. The third-order valence-electron chi connectivity index (χ3n) is 3.37. The summed E-state index contributed by atoms with van der Waals surface area (Å²) >= 11 is 0. The lowest BCUT2D eigenvalue weighted by molar-refractivity contribution is 0.123. The summed E-state index contributed by atoms with van der Waals surface area (Å²) in [5, 5.41) is 12.9. The Morgan fingerprint density at radius 3 is 2.62 bits per heavy atom. The molecule has 94 valence electrons. The highest BCUT2D eigenvalue weighted by Crippen LogP contribution is 2.27. The Bertz CT molecular complexity index is 205. The zero-order valence-electron chi connectivity index (χ0n) is 10.2. The van der Waals surface area contributed by atoms with Crippen LogP contribution in [0.2, 0.25) is 0 Å². The molecule has 0 radical (unpaired) electrons. The Kier molecular flexibility index (Phi) is 4.58. The highest BCUT2D eigenvalue weighted by Gasteiger charge is 2.31. The molecule has 0 amide bonds. The smallest absolute Gasteiger partial charge is 0.0597 e. The normalized spacial score (nSPS) is 22.7. The van der Waals surface area contributed by atoms with E-state index in [-0.39, 0.29) is 12.6 Å². The third kappa shape index (κ3) is 4.01. The Morgan fingerprint density at radius 2 is 2.12 bits per heavy atom. The first-order valence-electron chi connectivity index (χ1n) is 6.43. The summed E-state index contributed by atoms with van der Waals surface area (Å²) in [6.07, 6.45) is 5.17. The lowest BCUT2D eigenvalue weighted by Crippen LogP contribution is -2.46. The lowest BCUT2D eigenvalue weighted by Gasteiger charge is -2.27. The van der Waals surface area contributed by atoms with E-state index in [2.05, 4.69) is 10.2 Å². The van der Waals surface area contributed by atoms with Gasteiger partial charge in [-0.2, -0.15) is 0 Å². The monoisotopic (exact) mass is 228 g/mol. The van der Waals surface area contributed by atoms with E-state index in [1.54, 1.807) is 7.11 Å². The summed E-state index contributed by atoms with van der Waals surface area (Å²) in [5.41, 5.74) is 0. The number of nitrogens with zero attached hydrogens (tertiary/aromatic N) is 1. The minimum absolute atomic E-state index is 0.241. The van der Waals surface area contributed by atoms with Gasteiger partial charge in [-0.3, -0.25) is 4.90 Å². The largest absolute Gasteiger partial charge is 0.395 e. The molecule has 2 fully saturated rings. The van der Waals surface area contributed by atoms with Gasteiger partial charge < -0.3 is 15.2 Å². The van der Waals surface area contributed by atoms with Crippen molar-refractivity contribution in [2.75, 3.05) is 33.4 Å². The molecule has 0 aromatic rings. The first kappa shape index (κ1) is 12.3. The molecule has 2 rings (SSSR count). The fourth-order valence-electron chi connectivity index (χ4n) is 2.10. The minimum atomic E-state index is 0.241. The van der Waals surface area contributed by atoms with E-state index in [0.29, 0.717) is 6.04 Å². The van der Waals surface area contributed by atoms with Crippen LogP contribution in [0.1, 0.15) is 25.7 Å². The van der Waals surface area contributed by atoms with E-state index >= 15 is 0 Å². The molecule has 0 spiro atoms. The average molecular weight is 228 g/mol. The molecule has 2 aliphatic rings. The predicted molar refractivity (Wildman–Crippen MR) is 63.5 cm³/mol. The summed E-state index contributed by atoms with van der Waals surface area (Å²) in [6, 6.07) is 1.65. The van der Waals surface area contributed by atoms with Crippen LogP contribution in [0, 0.1) is 0 Å². The van der Waals surface area contributed by atoms with Crippen molar-refractivity contribution in [1.82, 2.24) is 10.2 Å². The maximum atomic E-state index is 9.36. The Morgan fingerprint density at radius 1 is 1.38 bits per heavy atom. The van der Waals surface area contributed by atoms with Crippen LogP contribution in [0.5, 0.6) is 0 Å². The first-order chi connectivity index (χ1) is 7.83. The average Bonchev–Trinajstić information content (AvgIpc) is 3.15. The van der Waals surface area contributed by atoms with E-state index in [1.807, 2.05) is 0 Å². The minimum Gasteiger partial charge on any atom is -0.395 e. The van der Waals surface area contributed by atoms with Gasteiger partial charge in [-0.15, -0.1) is 0 Å². The molecule has 0 aromatic heterocycles. The van der Waals surface area contributed by atoms with Crippen molar-refractivity contribution in [3.63, 3.8) is 0 Å². The van der Waals surface area contributed by atoms with Gasteiger partial charge in [0.25, 0.3) is 0 Å². The number of hydrogen-bond donors (Lipinski definition) is 2. The van der Waals surface area contributed by atoms with E-state index in [1.165, 1.54) is 25.7 Å². The van der Waals surface area contributed by atoms with Crippen LogP contribution in [0.15, 0.2) is 0 Å². The second-order valence-electron chi connectivity index (χ2n) is 5.04. The summed E-state index contributed by atoms with van der Waals surface area (Å²) in [6.45, 7) is 2.98. The quantitative estimate of drug-likeness (QED) is 0.592. The van der Waals surface area contributed by atoms with Crippen molar-refractivity contribution in [3.05, 3.63) is 0 Å². The molecule has 16 heavy (non-hydrogen) atoms. The zero-order chi connectivity index (χ0) is 11.4. The molecule has 0 bridgehead atoms. The second kappa shape index (κ2) is 5.96. The number of hydrogen-bond acceptors (Lipinski definition) is 4. The topological polar surface area (TPSA) is 44.7 Å². The fourth-order valence-corrected chi connectivity index (χ4v) is 2.10. The van der Waals surface area contributed by atoms with Crippen molar-refractivity contribution in [1.29, 1.82) is 0 Å². The van der Waals surface area contributed by atoms with Crippen molar-refractivity contribution in [3.8, 4) is 0 Å². The number of nitrogens with one attached hydrogen (secondary N) is 1. The maximum absolute atomic E-state index is 9.36. The second-order valence-corrected chi connectivity index (χ2v) is 5.04. The number of aliphatic hydroxyl groups excluding tert-OH is 1. The number of ether oxygens (including phenoxy) is 1. The molecule has 0 heterocycles. The van der Waals surface area contributed by atoms with Crippen molar-refractivity contribution in [2.45, 2.75) is 43.8 Å². The third-order valence-corrected chi connectivity index (χ3v) is 3.37. The number of aliphatic hydroxyl groups is 1. The Labute approximate surface area is 98.0 Å². The SMILES string of the molecule is COCCN(CC(CO)NC1CC1)C1CC1. The van der Waals surface area contributed by atoms with Gasteiger partial charge in [0, 0.05) is 38.3 Å². The van der Waals surface area contributed by atoms with Gasteiger partial charge >= 0.3 is 0 Å². The number of rotatable bonds is 9. The zero-order valence-corrected chi connectivity index (χ0v) is 10.2. The van der Waals surface area contributed by atoms with Crippen molar-refractivity contribution in [2.24, 2.45) is 0 Å². The molecule has 1 atom stereocenters. The molecule has 0 aliphatic heterocycles. The van der Waals surface area contributed by atoms with E-state index in [0.717, 1.165) is 25.7 Å². The van der Waals surface area contributed by atoms with Crippen LogP contribution < -0.4 is 5.32 Å². The van der Waals surface area contributed by atoms with Crippen LogP contribution in [0.3, 0.4) is 0 Å². The molecule has 2 aliphatic carbocycles. The Hall–Kier alpha value is -0.160. The molecular formula is C12H24N2O2. The molecule has 4 nitrogen and oxygen atoms in total. The van der Waals surface area contributed by atoms with Gasteiger partial charge in [0.15, 0.2) is 0 Å².